The van der Waals surface area contributed by atoms with Crippen LogP contribution in [0, 0.1) is 0 Å². The predicted molar refractivity (Wildman–Crippen MR) is 62.5 cm³/mol. The van der Waals surface area contributed by atoms with Crippen molar-refractivity contribution in [2.24, 2.45) is 0 Å². The fourth-order valence-corrected chi connectivity index (χ4v) is 1.76. The molecule has 0 unspecified atom stereocenters. The maximum Gasteiger partial charge on any atom is 0.340 e. The Hall–Kier alpha value is -1.81. The van der Waals surface area contributed by atoms with Crippen molar-refractivity contribution in [2.45, 2.75) is 0 Å². The number of anilines is 1. The summed E-state index contributed by atoms with van der Waals surface area (Å²) in [5.41, 5.74) is 6.83. The van der Waals surface area contributed by atoms with Crippen LogP contribution < -0.4 is 5.73 Å². The molecule has 0 radical (unpaired) electrons. The van der Waals surface area contributed by atoms with Crippen molar-refractivity contribution in [2.75, 3.05) is 12.8 Å². The summed E-state index contributed by atoms with van der Waals surface area (Å²) in [4.78, 5) is 15.7. The molecule has 0 amide bonds. The number of benzene rings is 1. The van der Waals surface area contributed by atoms with E-state index in [1.165, 1.54) is 13.3 Å². The first kappa shape index (κ1) is 10.7. The van der Waals surface area contributed by atoms with E-state index in [4.69, 9.17) is 17.3 Å². The number of hydrogen-bond acceptors (Lipinski definition) is 4. The van der Waals surface area contributed by atoms with E-state index in [0.717, 1.165) is 0 Å². The maximum atomic E-state index is 11.6. The van der Waals surface area contributed by atoms with E-state index in [9.17, 15) is 4.79 Å². The van der Waals surface area contributed by atoms with Crippen molar-refractivity contribution in [1.82, 2.24) is 4.98 Å². The summed E-state index contributed by atoms with van der Waals surface area (Å²) >= 11 is 5.97. The first-order chi connectivity index (χ1) is 7.65. The molecule has 0 saturated carbocycles. The van der Waals surface area contributed by atoms with Crippen molar-refractivity contribution in [3.05, 3.63) is 35.0 Å². The summed E-state index contributed by atoms with van der Waals surface area (Å²) in [5.74, 6) is -0.493. The largest absolute Gasteiger partial charge is 0.465 e. The number of halogens is 1. The second-order valence-electron chi connectivity index (χ2n) is 3.22. The number of pyridine rings is 1. The third-order valence-corrected chi connectivity index (χ3v) is 2.57. The Morgan fingerprint density at radius 2 is 2.25 bits per heavy atom. The molecule has 2 N–H and O–H groups in total. The van der Waals surface area contributed by atoms with E-state index >= 15 is 0 Å². The summed E-state index contributed by atoms with van der Waals surface area (Å²) < 4.78 is 4.68. The van der Waals surface area contributed by atoms with Gasteiger partial charge in [0.05, 0.1) is 35.1 Å². The Morgan fingerprint density at radius 3 is 2.94 bits per heavy atom. The molecule has 5 heteroatoms. The number of hydrogen-bond donors (Lipinski definition) is 1. The van der Waals surface area contributed by atoms with Gasteiger partial charge in [-0.1, -0.05) is 23.7 Å². The van der Waals surface area contributed by atoms with E-state index in [0.29, 0.717) is 21.5 Å². The van der Waals surface area contributed by atoms with Gasteiger partial charge >= 0.3 is 5.97 Å². The van der Waals surface area contributed by atoms with E-state index in [1.807, 2.05) is 0 Å². The Bertz CT molecular complexity index is 569. The number of carbonyl (C=O) groups is 1. The fraction of sp³-hybridized carbons (Fsp3) is 0.0909. The zero-order chi connectivity index (χ0) is 11.7. The fourth-order valence-electron chi connectivity index (χ4n) is 1.53. The van der Waals surface area contributed by atoms with Crippen molar-refractivity contribution < 1.29 is 9.53 Å². The lowest BCUT2D eigenvalue weighted by Gasteiger charge is -2.07. The molecule has 0 spiro atoms. The lowest BCUT2D eigenvalue weighted by molar-refractivity contribution is 0.0604. The van der Waals surface area contributed by atoms with Gasteiger partial charge in [-0.3, -0.25) is 4.98 Å². The summed E-state index contributed by atoms with van der Waals surface area (Å²) in [5, 5.41) is 1.07. The number of nitrogens with zero attached hydrogens (tertiary/aromatic N) is 1. The van der Waals surface area contributed by atoms with Gasteiger partial charge in [0.2, 0.25) is 0 Å². The minimum absolute atomic E-state index is 0.279. The van der Waals surface area contributed by atoms with Crippen LogP contribution in [0.2, 0.25) is 5.02 Å². The number of nitrogen functional groups attached to an aromatic ring is 1. The smallest absolute Gasteiger partial charge is 0.340 e. The summed E-state index contributed by atoms with van der Waals surface area (Å²) in [6.07, 6.45) is 1.40. The zero-order valence-electron chi connectivity index (χ0n) is 8.53. The van der Waals surface area contributed by atoms with Gasteiger partial charge in [0.15, 0.2) is 0 Å². The third kappa shape index (κ3) is 1.57. The molecule has 0 fully saturated rings. The molecule has 0 bridgehead atoms. The summed E-state index contributed by atoms with van der Waals surface area (Å²) in [6.45, 7) is 0. The number of carbonyl (C=O) groups excluding carboxylic acids is 1. The number of para-hydroxylation sites is 1. The molecular weight excluding hydrogens is 228 g/mol. The van der Waals surface area contributed by atoms with E-state index in [1.54, 1.807) is 18.2 Å². The number of aromatic nitrogens is 1. The van der Waals surface area contributed by atoms with Crippen LogP contribution in [-0.4, -0.2) is 18.1 Å². The molecule has 2 rings (SSSR count). The molecule has 1 aromatic carbocycles. The van der Waals surface area contributed by atoms with Crippen molar-refractivity contribution in [3.8, 4) is 0 Å². The monoisotopic (exact) mass is 236 g/mol. The average molecular weight is 237 g/mol. The maximum absolute atomic E-state index is 11.6. The highest BCUT2D eigenvalue weighted by Crippen LogP contribution is 2.27. The van der Waals surface area contributed by atoms with Crippen LogP contribution >= 0.6 is 11.6 Å². The molecule has 82 valence electrons. The molecule has 0 aliphatic heterocycles. The van der Waals surface area contributed by atoms with Crippen LogP contribution in [0.25, 0.3) is 10.9 Å². The van der Waals surface area contributed by atoms with Crippen LogP contribution in [0.3, 0.4) is 0 Å². The van der Waals surface area contributed by atoms with Gasteiger partial charge in [0.1, 0.15) is 0 Å². The van der Waals surface area contributed by atoms with Gasteiger partial charge in [-0.25, -0.2) is 4.79 Å². The first-order valence-electron chi connectivity index (χ1n) is 4.56. The minimum atomic E-state index is -0.493. The first-order valence-corrected chi connectivity index (χ1v) is 4.94. The average Bonchev–Trinajstić information content (AvgIpc) is 2.28. The molecule has 0 aliphatic carbocycles. The normalized spacial score (nSPS) is 10.4. The molecular formula is C11H9ClN2O2. The number of ether oxygens (including phenoxy) is 1. The van der Waals surface area contributed by atoms with Crippen LogP contribution in [0.5, 0.6) is 0 Å². The molecule has 1 heterocycles. The minimum Gasteiger partial charge on any atom is -0.465 e. The standard InChI is InChI=1S/C11H9ClN2O2/c1-16-11(15)9-6-3-2-4-7(12)10(6)14-5-8(9)13/h2-5H,13H2,1H3. The van der Waals surface area contributed by atoms with Crippen LogP contribution in [0.15, 0.2) is 24.4 Å². The van der Waals surface area contributed by atoms with Gasteiger partial charge in [-0.05, 0) is 6.07 Å². The highest BCUT2D eigenvalue weighted by Gasteiger charge is 2.16. The van der Waals surface area contributed by atoms with Crippen molar-refractivity contribution >= 4 is 34.2 Å². The number of rotatable bonds is 1. The molecule has 2 aromatic rings. The lowest BCUT2D eigenvalue weighted by atomic mass is 10.1. The molecule has 0 aliphatic rings. The number of methoxy groups -OCH3 is 1. The second-order valence-corrected chi connectivity index (χ2v) is 3.62. The third-order valence-electron chi connectivity index (χ3n) is 2.27. The van der Waals surface area contributed by atoms with Crippen molar-refractivity contribution in [1.29, 1.82) is 0 Å². The Labute approximate surface area is 97.0 Å². The molecule has 4 nitrogen and oxygen atoms in total. The van der Waals surface area contributed by atoms with E-state index in [2.05, 4.69) is 9.72 Å². The summed E-state index contributed by atoms with van der Waals surface area (Å²) in [6, 6.07) is 5.17. The molecule has 1 aromatic heterocycles. The van der Waals surface area contributed by atoms with Gasteiger partial charge < -0.3 is 10.5 Å². The van der Waals surface area contributed by atoms with Gasteiger partial charge in [0.25, 0.3) is 0 Å². The Morgan fingerprint density at radius 1 is 1.50 bits per heavy atom. The predicted octanol–water partition coefficient (Wildman–Crippen LogP) is 2.26. The van der Waals surface area contributed by atoms with Gasteiger partial charge in [-0.2, -0.15) is 0 Å². The molecule has 16 heavy (non-hydrogen) atoms. The Balaban J connectivity index is 2.85. The number of fused-ring (bicyclic) bond motifs is 1. The summed E-state index contributed by atoms with van der Waals surface area (Å²) in [7, 11) is 1.30. The van der Waals surface area contributed by atoms with Crippen molar-refractivity contribution in [3.63, 3.8) is 0 Å². The van der Waals surface area contributed by atoms with E-state index < -0.39 is 5.97 Å². The van der Waals surface area contributed by atoms with E-state index in [-0.39, 0.29) is 5.69 Å². The molecule has 0 atom stereocenters. The SMILES string of the molecule is COC(=O)c1c(N)cnc2c(Cl)cccc12. The molecule has 0 saturated heterocycles. The van der Waals surface area contributed by atoms with Gasteiger partial charge in [-0.15, -0.1) is 0 Å². The highest BCUT2D eigenvalue weighted by atomic mass is 35.5. The zero-order valence-corrected chi connectivity index (χ0v) is 9.28. The number of esters is 1. The second kappa shape index (κ2) is 3.98. The quantitative estimate of drug-likeness (QED) is 0.772. The topological polar surface area (TPSA) is 65.2 Å². The Kier molecular flexibility index (Phi) is 2.66. The van der Waals surface area contributed by atoms with Crippen LogP contribution in [0.4, 0.5) is 5.69 Å². The van der Waals surface area contributed by atoms with Crippen LogP contribution in [-0.2, 0) is 4.74 Å². The van der Waals surface area contributed by atoms with Crippen LogP contribution in [0.1, 0.15) is 10.4 Å². The highest BCUT2D eigenvalue weighted by molar-refractivity contribution is 6.35. The van der Waals surface area contributed by atoms with Gasteiger partial charge in [0, 0.05) is 5.39 Å². The number of nitrogens with two attached hydrogens (primary N) is 1. The lowest BCUT2D eigenvalue weighted by Crippen LogP contribution is -2.07.